The molecule has 1 amide bonds. The van der Waals surface area contributed by atoms with Crippen LogP contribution in [0, 0.1) is 21.4 Å². The zero-order chi connectivity index (χ0) is 13.2. The first-order chi connectivity index (χ1) is 7.90. The van der Waals surface area contributed by atoms with Crippen molar-refractivity contribution in [2.24, 2.45) is 5.73 Å². The Labute approximate surface area is 92.6 Å². The first-order valence-electron chi connectivity index (χ1n) is 4.05. The van der Waals surface area contributed by atoms with Crippen LogP contribution in [-0.4, -0.2) is 15.8 Å². The molecule has 0 atom stereocenters. The third kappa shape index (κ3) is 2.15. The molecule has 0 radical (unpaired) electrons. The predicted octanol–water partition coefficient (Wildman–Crippen LogP) is 0.898. The number of primary amides is 1. The van der Waals surface area contributed by atoms with Gasteiger partial charge in [0, 0.05) is 0 Å². The summed E-state index contributed by atoms with van der Waals surface area (Å²) in [5.74, 6) is -1.41. The van der Waals surface area contributed by atoms with Gasteiger partial charge in [0.2, 0.25) is 0 Å². The minimum absolute atomic E-state index is 0.546. The van der Waals surface area contributed by atoms with Crippen LogP contribution < -0.4 is 5.73 Å². The average Bonchev–Trinajstić information content (AvgIpc) is 2.26. The molecule has 0 saturated heterocycles. The lowest BCUT2D eigenvalue weighted by molar-refractivity contribution is -0.385. The summed E-state index contributed by atoms with van der Waals surface area (Å²) in [6.45, 7) is 0. The van der Waals surface area contributed by atoms with E-state index < -0.39 is 39.8 Å². The second-order valence-corrected chi connectivity index (χ2v) is 2.81. The van der Waals surface area contributed by atoms with Gasteiger partial charge in [-0.25, -0.2) is 13.8 Å². The standard InChI is InChI=1S/C8H4F2N4O3/c9-7(10)5-3(1-11)13-2-4(14(16)17)6(5)8(12)15/h2,7H,(H2,12,15). The molecule has 0 saturated carbocycles. The molecule has 0 spiro atoms. The van der Waals surface area contributed by atoms with Crippen LogP contribution in [0.1, 0.15) is 28.0 Å². The van der Waals surface area contributed by atoms with Gasteiger partial charge < -0.3 is 5.73 Å². The number of aromatic nitrogens is 1. The Morgan fingerprint density at radius 1 is 1.65 bits per heavy atom. The number of hydrogen-bond acceptors (Lipinski definition) is 5. The van der Waals surface area contributed by atoms with Crippen molar-refractivity contribution in [3.63, 3.8) is 0 Å². The van der Waals surface area contributed by atoms with E-state index in [9.17, 15) is 23.7 Å². The SMILES string of the molecule is N#Cc1ncc([N+](=O)[O-])c(C(N)=O)c1C(F)F. The van der Waals surface area contributed by atoms with Crippen LogP contribution in [0.15, 0.2) is 6.20 Å². The van der Waals surface area contributed by atoms with E-state index in [0.29, 0.717) is 6.20 Å². The maximum Gasteiger partial charge on any atom is 0.300 e. The Bertz CT molecular complexity index is 538. The Hall–Kier alpha value is -2.63. The van der Waals surface area contributed by atoms with Gasteiger partial charge in [0.15, 0.2) is 5.69 Å². The van der Waals surface area contributed by atoms with Gasteiger partial charge in [0.25, 0.3) is 12.3 Å². The molecular formula is C8H4F2N4O3. The molecule has 1 heterocycles. The molecule has 88 valence electrons. The summed E-state index contributed by atoms with van der Waals surface area (Å²) >= 11 is 0. The van der Waals surface area contributed by atoms with E-state index in [1.165, 1.54) is 6.07 Å². The van der Waals surface area contributed by atoms with Crippen molar-refractivity contribution in [2.75, 3.05) is 0 Å². The Balaban J connectivity index is 3.73. The molecule has 0 fully saturated rings. The molecule has 0 aliphatic rings. The summed E-state index contributed by atoms with van der Waals surface area (Å²) in [6, 6.07) is 1.32. The highest BCUT2D eigenvalue weighted by Crippen LogP contribution is 2.30. The van der Waals surface area contributed by atoms with Crippen molar-refractivity contribution in [1.29, 1.82) is 5.26 Å². The Morgan fingerprint density at radius 3 is 2.59 bits per heavy atom. The van der Waals surface area contributed by atoms with Crippen LogP contribution in [0.3, 0.4) is 0 Å². The second-order valence-electron chi connectivity index (χ2n) is 2.81. The number of amides is 1. The highest BCUT2D eigenvalue weighted by molar-refractivity contribution is 5.98. The molecular weight excluding hydrogens is 238 g/mol. The summed E-state index contributed by atoms with van der Waals surface area (Å²) in [5.41, 5.74) is 0.978. The highest BCUT2D eigenvalue weighted by atomic mass is 19.3. The van der Waals surface area contributed by atoms with Crippen molar-refractivity contribution in [2.45, 2.75) is 6.43 Å². The van der Waals surface area contributed by atoms with E-state index in [2.05, 4.69) is 4.98 Å². The fourth-order valence-corrected chi connectivity index (χ4v) is 1.22. The molecule has 17 heavy (non-hydrogen) atoms. The van der Waals surface area contributed by atoms with Gasteiger partial charge in [-0.05, 0) is 0 Å². The van der Waals surface area contributed by atoms with Crippen LogP contribution in [0.25, 0.3) is 0 Å². The summed E-state index contributed by atoms with van der Waals surface area (Å²) in [6.07, 6.45) is -2.72. The van der Waals surface area contributed by atoms with E-state index >= 15 is 0 Å². The number of pyridine rings is 1. The third-order valence-corrected chi connectivity index (χ3v) is 1.86. The Morgan fingerprint density at radius 2 is 2.24 bits per heavy atom. The number of alkyl halides is 2. The smallest absolute Gasteiger partial charge is 0.300 e. The number of halogens is 2. The molecule has 0 unspecified atom stereocenters. The topological polar surface area (TPSA) is 123 Å². The van der Waals surface area contributed by atoms with Gasteiger partial charge in [-0.2, -0.15) is 5.26 Å². The van der Waals surface area contributed by atoms with E-state index in [1.807, 2.05) is 0 Å². The first-order valence-corrected chi connectivity index (χ1v) is 4.05. The van der Waals surface area contributed by atoms with Gasteiger partial charge in [-0.1, -0.05) is 0 Å². The van der Waals surface area contributed by atoms with Crippen molar-refractivity contribution in [3.8, 4) is 6.07 Å². The summed E-state index contributed by atoms with van der Waals surface area (Å²) in [7, 11) is 0. The van der Waals surface area contributed by atoms with Gasteiger partial charge in [-0.3, -0.25) is 14.9 Å². The van der Waals surface area contributed by atoms with Crippen LogP contribution in [0.2, 0.25) is 0 Å². The van der Waals surface area contributed by atoms with Gasteiger partial charge in [-0.15, -0.1) is 0 Å². The highest BCUT2D eigenvalue weighted by Gasteiger charge is 2.30. The van der Waals surface area contributed by atoms with E-state index in [0.717, 1.165) is 0 Å². The van der Waals surface area contributed by atoms with Crippen LogP contribution in [-0.2, 0) is 0 Å². The first kappa shape index (κ1) is 12.4. The zero-order valence-corrected chi connectivity index (χ0v) is 8.05. The molecule has 9 heteroatoms. The number of hydrogen-bond donors (Lipinski definition) is 1. The van der Waals surface area contributed by atoms with Gasteiger partial charge in [0.05, 0.1) is 10.5 Å². The molecule has 1 aromatic heterocycles. The second kappa shape index (κ2) is 4.48. The van der Waals surface area contributed by atoms with Crippen molar-refractivity contribution < 1.29 is 18.5 Å². The molecule has 7 nitrogen and oxygen atoms in total. The molecule has 0 aliphatic carbocycles. The lowest BCUT2D eigenvalue weighted by Gasteiger charge is -2.07. The molecule has 1 aromatic rings. The summed E-state index contributed by atoms with van der Waals surface area (Å²) in [5, 5.41) is 19.1. The lowest BCUT2D eigenvalue weighted by atomic mass is 10.0. The maximum absolute atomic E-state index is 12.7. The molecule has 2 N–H and O–H groups in total. The normalized spacial score (nSPS) is 10.0. The number of nitriles is 1. The van der Waals surface area contributed by atoms with E-state index in [4.69, 9.17) is 11.0 Å². The van der Waals surface area contributed by atoms with E-state index in [-0.39, 0.29) is 0 Å². The molecule has 1 rings (SSSR count). The summed E-state index contributed by atoms with van der Waals surface area (Å²) in [4.78, 5) is 23.6. The number of nitrogens with two attached hydrogens (primary N) is 1. The monoisotopic (exact) mass is 242 g/mol. The molecule has 0 bridgehead atoms. The van der Waals surface area contributed by atoms with Crippen molar-refractivity contribution >= 4 is 11.6 Å². The van der Waals surface area contributed by atoms with Crippen LogP contribution in [0.4, 0.5) is 14.5 Å². The van der Waals surface area contributed by atoms with Gasteiger partial charge in [0.1, 0.15) is 17.8 Å². The van der Waals surface area contributed by atoms with Crippen LogP contribution >= 0.6 is 0 Å². The van der Waals surface area contributed by atoms with Crippen molar-refractivity contribution in [1.82, 2.24) is 4.98 Å². The van der Waals surface area contributed by atoms with Gasteiger partial charge >= 0.3 is 5.69 Å². The fourth-order valence-electron chi connectivity index (χ4n) is 1.22. The number of rotatable bonds is 3. The van der Waals surface area contributed by atoms with Crippen molar-refractivity contribution in [3.05, 3.63) is 33.1 Å². The fraction of sp³-hybridized carbons (Fsp3) is 0.125. The minimum atomic E-state index is -3.26. The average molecular weight is 242 g/mol. The zero-order valence-electron chi connectivity index (χ0n) is 8.05. The lowest BCUT2D eigenvalue weighted by Crippen LogP contribution is -2.18. The number of carbonyl (C=O) groups excluding carboxylic acids is 1. The number of carbonyl (C=O) groups is 1. The van der Waals surface area contributed by atoms with E-state index in [1.54, 1.807) is 0 Å². The number of nitrogens with zero attached hydrogens (tertiary/aromatic N) is 3. The largest absolute Gasteiger partial charge is 0.365 e. The molecule has 0 aromatic carbocycles. The third-order valence-electron chi connectivity index (χ3n) is 1.86. The minimum Gasteiger partial charge on any atom is -0.365 e. The predicted molar refractivity (Wildman–Crippen MR) is 49.1 cm³/mol. The van der Waals surface area contributed by atoms with Crippen LogP contribution in [0.5, 0.6) is 0 Å². The summed E-state index contributed by atoms with van der Waals surface area (Å²) < 4.78 is 25.3. The number of nitro groups is 1. The quantitative estimate of drug-likeness (QED) is 0.622. The molecule has 0 aliphatic heterocycles. The Kier molecular flexibility index (Phi) is 3.28. The maximum atomic E-state index is 12.7.